The second-order valence-electron chi connectivity index (χ2n) is 5.56. The number of nitrogens with zero attached hydrogens (tertiary/aromatic N) is 2. The molecule has 0 saturated carbocycles. The topological polar surface area (TPSA) is 46.4 Å². The van der Waals surface area contributed by atoms with Crippen LogP contribution in [-0.4, -0.2) is 30.0 Å². The first kappa shape index (κ1) is 14.6. The standard InChI is InChI=1S/C8H17N.C6H5NO2/c1-8(2)4-6-9(3)7-5-8;8-7(9)6-4-2-1-3-5-6/h4-7H2,1-3H3;1-5H. The number of likely N-dealkylation sites (tertiary alicyclic amines) is 1. The minimum Gasteiger partial charge on any atom is -0.306 e. The second-order valence-corrected chi connectivity index (χ2v) is 5.56. The summed E-state index contributed by atoms with van der Waals surface area (Å²) in [7, 11) is 2.20. The first-order valence-electron chi connectivity index (χ1n) is 6.29. The van der Waals surface area contributed by atoms with Gasteiger partial charge in [0.15, 0.2) is 0 Å². The quantitative estimate of drug-likeness (QED) is 0.567. The maximum atomic E-state index is 10.0. The van der Waals surface area contributed by atoms with Gasteiger partial charge in [-0.3, -0.25) is 10.1 Å². The van der Waals surface area contributed by atoms with Gasteiger partial charge < -0.3 is 4.90 Å². The normalized spacial score (nSPS) is 18.6. The van der Waals surface area contributed by atoms with Crippen molar-refractivity contribution in [1.82, 2.24) is 4.90 Å². The lowest BCUT2D eigenvalue weighted by molar-refractivity contribution is -0.384. The highest BCUT2D eigenvalue weighted by Crippen LogP contribution is 2.28. The van der Waals surface area contributed by atoms with Crippen LogP contribution >= 0.6 is 0 Å². The van der Waals surface area contributed by atoms with Crippen LogP contribution < -0.4 is 0 Å². The second kappa shape index (κ2) is 6.50. The minimum absolute atomic E-state index is 0.137. The van der Waals surface area contributed by atoms with Crippen molar-refractivity contribution in [3.63, 3.8) is 0 Å². The molecule has 1 aliphatic heterocycles. The summed E-state index contributed by atoms with van der Waals surface area (Å²) in [5, 5.41) is 10.0. The zero-order valence-corrected chi connectivity index (χ0v) is 11.4. The van der Waals surface area contributed by atoms with Crippen LogP contribution in [0.3, 0.4) is 0 Å². The van der Waals surface area contributed by atoms with E-state index in [4.69, 9.17) is 0 Å². The molecule has 0 bridgehead atoms. The molecule has 1 aromatic carbocycles. The number of benzene rings is 1. The predicted octanol–water partition coefficient (Wildman–Crippen LogP) is 3.33. The molecule has 100 valence electrons. The Balaban J connectivity index is 0.000000180. The van der Waals surface area contributed by atoms with E-state index in [-0.39, 0.29) is 5.69 Å². The molecular weight excluding hydrogens is 228 g/mol. The van der Waals surface area contributed by atoms with Gasteiger partial charge in [0.1, 0.15) is 0 Å². The summed E-state index contributed by atoms with van der Waals surface area (Å²) in [5.74, 6) is 0. The number of piperidine rings is 1. The summed E-state index contributed by atoms with van der Waals surface area (Å²) in [4.78, 5) is 12.0. The number of nitro benzene ring substituents is 1. The number of rotatable bonds is 1. The fourth-order valence-electron chi connectivity index (χ4n) is 1.77. The van der Waals surface area contributed by atoms with Crippen molar-refractivity contribution in [3.8, 4) is 0 Å². The average molecular weight is 250 g/mol. The van der Waals surface area contributed by atoms with Gasteiger partial charge in [-0.05, 0) is 38.4 Å². The Bertz CT molecular complexity index is 367. The fraction of sp³-hybridized carbons (Fsp3) is 0.571. The predicted molar refractivity (Wildman–Crippen MR) is 73.6 cm³/mol. The van der Waals surface area contributed by atoms with Crippen LogP contribution in [0, 0.1) is 15.5 Å². The van der Waals surface area contributed by atoms with Gasteiger partial charge in [0, 0.05) is 12.1 Å². The first-order chi connectivity index (χ1) is 8.41. The highest BCUT2D eigenvalue weighted by Gasteiger charge is 2.22. The first-order valence-corrected chi connectivity index (χ1v) is 6.29. The van der Waals surface area contributed by atoms with E-state index in [1.165, 1.54) is 38.1 Å². The molecule has 0 amide bonds. The molecule has 1 aromatic rings. The number of non-ortho nitro benzene ring substituents is 1. The van der Waals surface area contributed by atoms with E-state index in [0.717, 1.165) is 0 Å². The Morgan fingerprint density at radius 1 is 1.17 bits per heavy atom. The fourth-order valence-corrected chi connectivity index (χ4v) is 1.77. The number of hydrogen-bond donors (Lipinski definition) is 0. The van der Waals surface area contributed by atoms with E-state index in [1.807, 2.05) is 0 Å². The lowest BCUT2D eigenvalue weighted by Gasteiger charge is -2.34. The molecule has 0 unspecified atom stereocenters. The molecule has 0 aromatic heterocycles. The summed E-state index contributed by atoms with van der Waals surface area (Å²) in [5.41, 5.74) is 0.754. The molecular formula is C14H22N2O2. The Kier molecular flexibility index (Phi) is 5.28. The molecule has 4 nitrogen and oxygen atoms in total. The third kappa shape index (κ3) is 5.27. The minimum atomic E-state index is -0.417. The van der Waals surface area contributed by atoms with Crippen LogP contribution in [0.15, 0.2) is 30.3 Å². The molecule has 0 spiro atoms. The third-order valence-electron chi connectivity index (χ3n) is 3.31. The number of nitro groups is 1. The largest absolute Gasteiger partial charge is 0.306 e. The summed E-state index contributed by atoms with van der Waals surface area (Å²) >= 11 is 0. The Labute approximate surface area is 109 Å². The molecule has 0 radical (unpaired) electrons. The Morgan fingerprint density at radius 2 is 1.67 bits per heavy atom. The van der Waals surface area contributed by atoms with Gasteiger partial charge in [-0.15, -0.1) is 0 Å². The van der Waals surface area contributed by atoms with E-state index in [0.29, 0.717) is 5.41 Å². The highest BCUT2D eigenvalue weighted by atomic mass is 16.6. The molecule has 0 atom stereocenters. The maximum absolute atomic E-state index is 10.0. The van der Waals surface area contributed by atoms with Crippen molar-refractivity contribution in [2.24, 2.45) is 5.41 Å². The molecule has 1 saturated heterocycles. The lowest BCUT2D eigenvalue weighted by Crippen LogP contribution is -2.34. The molecule has 4 heteroatoms. The highest BCUT2D eigenvalue weighted by molar-refractivity contribution is 5.27. The van der Waals surface area contributed by atoms with Crippen LogP contribution in [0.4, 0.5) is 5.69 Å². The van der Waals surface area contributed by atoms with Crippen LogP contribution in [0.1, 0.15) is 26.7 Å². The lowest BCUT2D eigenvalue weighted by atomic mass is 9.83. The van der Waals surface area contributed by atoms with Gasteiger partial charge in [-0.2, -0.15) is 0 Å². The number of para-hydroxylation sites is 1. The Hall–Kier alpha value is -1.42. The monoisotopic (exact) mass is 250 g/mol. The molecule has 2 rings (SSSR count). The summed E-state index contributed by atoms with van der Waals surface area (Å²) in [6.07, 6.45) is 2.73. The van der Waals surface area contributed by atoms with Crippen molar-refractivity contribution in [2.75, 3.05) is 20.1 Å². The number of hydrogen-bond acceptors (Lipinski definition) is 3. The van der Waals surface area contributed by atoms with Crippen molar-refractivity contribution in [2.45, 2.75) is 26.7 Å². The van der Waals surface area contributed by atoms with Crippen LogP contribution in [0.2, 0.25) is 0 Å². The van der Waals surface area contributed by atoms with Crippen LogP contribution in [0.25, 0.3) is 0 Å². The van der Waals surface area contributed by atoms with E-state index < -0.39 is 4.92 Å². The van der Waals surface area contributed by atoms with Gasteiger partial charge in [-0.1, -0.05) is 32.0 Å². The summed E-state index contributed by atoms with van der Waals surface area (Å²) in [6.45, 7) is 7.29. The zero-order valence-electron chi connectivity index (χ0n) is 11.4. The molecule has 0 aliphatic carbocycles. The van der Waals surface area contributed by atoms with Gasteiger partial charge in [-0.25, -0.2) is 0 Å². The third-order valence-corrected chi connectivity index (χ3v) is 3.31. The zero-order chi connectivity index (χ0) is 13.6. The van der Waals surface area contributed by atoms with Crippen LogP contribution in [-0.2, 0) is 0 Å². The maximum Gasteiger partial charge on any atom is 0.269 e. The van der Waals surface area contributed by atoms with Crippen molar-refractivity contribution < 1.29 is 4.92 Å². The van der Waals surface area contributed by atoms with Gasteiger partial charge in [0.05, 0.1) is 4.92 Å². The summed E-state index contributed by atoms with van der Waals surface area (Å²) in [6, 6.07) is 7.93. The average Bonchev–Trinajstić information content (AvgIpc) is 2.35. The Morgan fingerprint density at radius 3 is 2.00 bits per heavy atom. The van der Waals surface area contributed by atoms with Crippen LogP contribution in [0.5, 0.6) is 0 Å². The smallest absolute Gasteiger partial charge is 0.269 e. The molecule has 1 aliphatic rings. The van der Waals surface area contributed by atoms with Gasteiger partial charge in [0.25, 0.3) is 5.69 Å². The van der Waals surface area contributed by atoms with E-state index in [9.17, 15) is 10.1 Å². The molecule has 1 heterocycles. The van der Waals surface area contributed by atoms with Crippen molar-refractivity contribution >= 4 is 5.69 Å². The summed E-state index contributed by atoms with van der Waals surface area (Å²) < 4.78 is 0. The van der Waals surface area contributed by atoms with Crippen molar-refractivity contribution in [1.29, 1.82) is 0 Å². The SMILES string of the molecule is CN1CCC(C)(C)CC1.O=[N+]([O-])c1ccccc1. The van der Waals surface area contributed by atoms with Crippen molar-refractivity contribution in [3.05, 3.63) is 40.4 Å². The van der Waals surface area contributed by atoms with E-state index in [1.54, 1.807) is 18.2 Å². The van der Waals surface area contributed by atoms with Gasteiger partial charge in [0.2, 0.25) is 0 Å². The van der Waals surface area contributed by atoms with E-state index >= 15 is 0 Å². The van der Waals surface area contributed by atoms with E-state index in [2.05, 4.69) is 25.8 Å². The molecule has 18 heavy (non-hydrogen) atoms. The van der Waals surface area contributed by atoms with Gasteiger partial charge >= 0.3 is 0 Å². The molecule has 1 fully saturated rings. The molecule has 0 N–H and O–H groups in total.